The molecule has 0 aliphatic carbocycles. The molecule has 28 heavy (non-hydrogen) atoms. The predicted molar refractivity (Wildman–Crippen MR) is 104 cm³/mol. The molecule has 0 saturated carbocycles. The van der Waals surface area contributed by atoms with E-state index < -0.39 is 17.9 Å². The summed E-state index contributed by atoms with van der Waals surface area (Å²) in [4.78, 5) is 29.0. The van der Waals surface area contributed by atoms with Crippen LogP contribution in [0.4, 0.5) is 5.69 Å². The average molecular weight is 370 g/mol. The van der Waals surface area contributed by atoms with Crippen molar-refractivity contribution in [1.29, 1.82) is 5.26 Å². The highest BCUT2D eigenvalue weighted by molar-refractivity contribution is 6.22. The maximum absolute atomic E-state index is 13.5. The van der Waals surface area contributed by atoms with E-state index in [0.717, 1.165) is 27.2 Å². The Hall–Kier alpha value is -3.23. The summed E-state index contributed by atoms with van der Waals surface area (Å²) < 4.78 is 0. The van der Waals surface area contributed by atoms with Gasteiger partial charge in [-0.15, -0.1) is 0 Å². The number of hydrogen-bond acceptors (Lipinski definition) is 3. The molecule has 2 aromatic rings. The van der Waals surface area contributed by atoms with Gasteiger partial charge in [-0.3, -0.25) is 14.5 Å². The second kappa shape index (κ2) is 5.88. The Kier molecular flexibility index (Phi) is 3.55. The van der Waals surface area contributed by atoms with E-state index in [-0.39, 0.29) is 17.9 Å². The van der Waals surface area contributed by atoms with Crippen molar-refractivity contribution in [2.75, 3.05) is 4.90 Å². The molecule has 0 radical (unpaired) electrons. The summed E-state index contributed by atoms with van der Waals surface area (Å²) in [5, 5.41) is 9.85. The van der Waals surface area contributed by atoms with Gasteiger partial charge in [0.25, 0.3) is 0 Å². The third-order valence-electron chi connectivity index (χ3n) is 6.51. The first-order chi connectivity index (χ1) is 13.5. The highest BCUT2D eigenvalue weighted by atomic mass is 16.2. The highest BCUT2D eigenvalue weighted by Crippen LogP contribution is 2.44. The van der Waals surface area contributed by atoms with E-state index in [2.05, 4.69) is 6.07 Å². The molecule has 0 bridgehead atoms. The van der Waals surface area contributed by atoms with Crippen LogP contribution in [0.2, 0.25) is 0 Å². The lowest BCUT2D eigenvalue weighted by Gasteiger charge is -2.29. The molecule has 5 rings (SSSR count). The molecule has 5 heteroatoms. The number of nitrogens with zero attached hydrogens (tertiary/aromatic N) is 2. The predicted octanol–water partition coefficient (Wildman–Crippen LogP) is 1.93. The zero-order valence-corrected chi connectivity index (χ0v) is 15.7. The number of benzene rings is 2. The molecule has 3 aliphatic heterocycles. The summed E-state index contributed by atoms with van der Waals surface area (Å²) in [6.45, 7) is 3.97. The van der Waals surface area contributed by atoms with Gasteiger partial charge in [0, 0.05) is 5.56 Å². The highest BCUT2D eigenvalue weighted by Gasteiger charge is 2.66. The van der Waals surface area contributed by atoms with E-state index in [4.69, 9.17) is 0 Å². The second-order valence-corrected chi connectivity index (χ2v) is 7.88. The van der Waals surface area contributed by atoms with Crippen LogP contribution in [0.3, 0.4) is 0 Å². The number of aryl methyl sites for hydroxylation is 2. The van der Waals surface area contributed by atoms with Crippen LogP contribution in [0.5, 0.6) is 0 Å². The van der Waals surface area contributed by atoms with Crippen LogP contribution in [0.15, 0.2) is 48.7 Å². The molecular formula is C23H20N3O2+. The van der Waals surface area contributed by atoms with E-state index >= 15 is 0 Å². The number of amides is 2. The van der Waals surface area contributed by atoms with Crippen molar-refractivity contribution in [1.82, 2.24) is 0 Å². The second-order valence-electron chi connectivity index (χ2n) is 7.88. The fraction of sp³-hybridized carbons (Fsp3) is 0.261. The van der Waals surface area contributed by atoms with Gasteiger partial charge in [-0.25, -0.2) is 4.90 Å². The number of imide groups is 1. The summed E-state index contributed by atoms with van der Waals surface area (Å²) >= 11 is 0. The molecule has 2 amide bonds. The lowest BCUT2D eigenvalue weighted by molar-refractivity contribution is -0.885. The largest absolute Gasteiger partial charge is 0.287 e. The lowest BCUT2D eigenvalue weighted by atomic mass is 9.85. The molecule has 2 fully saturated rings. The van der Waals surface area contributed by atoms with Gasteiger partial charge >= 0.3 is 0 Å². The van der Waals surface area contributed by atoms with Crippen molar-refractivity contribution in [3.05, 3.63) is 70.9 Å². The number of hydrogen-bond donors (Lipinski definition) is 1. The first-order valence-corrected chi connectivity index (χ1v) is 9.51. The SMILES string of the molecule is Cc1ccc(N2C(=O)[C@@H]3[C@H](C2=O)[C@H]2c4ccccc4C=C[NH+]2[C@@H]3C#N)cc1C. The van der Waals surface area contributed by atoms with Gasteiger partial charge in [-0.1, -0.05) is 30.3 Å². The first-order valence-electron chi connectivity index (χ1n) is 9.51. The van der Waals surface area contributed by atoms with Gasteiger partial charge in [0.1, 0.15) is 23.9 Å². The minimum Gasteiger partial charge on any atom is -0.287 e. The molecular weight excluding hydrogens is 350 g/mol. The topological polar surface area (TPSA) is 65.6 Å². The van der Waals surface area contributed by atoms with E-state index in [1.54, 1.807) is 0 Å². The molecule has 138 valence electrons. The van der Waals surface area contributed by atoms with Crippen molar-refractivity contribution in [3.8, 4) is 6.07 Å². The summed E-state index contributed by atoms with van der Waals surface area (Å²) in [6, 6.07) is 15.1. The minimum atomic E-state index is -0.616. The number of anilines is 1. The molecule has 1 N–H and O–H groups in total. The summed E-state index contributed by atoms with van der Waals surface area (Å²) in [5.74, 6) is -1.57. The van der Waals surface area contributed by atoms with Crippen molar-refractivity contribution in [2.45, 2.75) is 25.9 Å². The summed E-state index contributed by atoms with van der Waals surface area (Å²) in [7, 11) is 0. The Bertz CT molecular complexity index is 1100. The van der Waals surface area contributed by atoms with E-state index in [1.807, 2.05) is 68.6 Å². The normalized spacial score (nSPS) is 30.0. The standard InChI is InChI=1S/C23H19N3O2/c1-13-7-8-16(11-14(13)2)26-22(27)19-18(12-24)25-10-9-15-5-3-4-6-17(15)21(25)20(19)23(26)28/h3-11,18-21H,1-2H3/p+1/t18-,19+,20+,21-/m1/s1. The molecule has 5 atom stereocenters. The summed E-state index contributed by atoms with van der Waals surface area (Å²) in [5.41, 5.74) is 4.84. The number of fused-ring (bicyclic) bond motifs is 5. The van der Waals surface area contributed by atoms with E-state index in [9.17, 15) is 14.9 Å². The number of nitriles is 1. The van der Waals surface area contributed by atoms with Gasteiger partial charge < -0.3 is 0 Å². The fourth-order valence-corrected chi connectivity index (χ4v) is 5.01. The van der Waals surface area contributed by atoms with Crippen LogP contribution in [-0.4, -0.2) is 17.9 Å². The average Bonchev–Trinajstić information content (AvgIpc) is 3.17. The molecule has 3 aliphatic rings. The van der Waals surface area contributed by atoms with Crippen LogP contribution >= 0.6 is 0 Å². The van der Waals surface area contributed by atoms with Crippen LogP contribution in [0, 0.1) is 37.0 Å². The molecule has 1 unspecified atom stereocenters. The van der Waals surface area contributed by atoms with Crippen LogP contribution in [-0.2, 0) is 9.59 Å². The van der Waals surface area contributed by atoms with Crippen LogP contribution < -0.4 is 9.80 Å². The molecule has 5 nitrogen and oxygen atoms in total. The van der Waals surface area contributed by atoms with Gasteiger partial charge in [-0.05, 0) is 48.7 Å². The molecule has 0 aromatic heterocycles. The molecule has 0 spiro atoms. The lowest BCUT2D eigenvalue weighted by Crippen LogP contribution is -3.10. The number of nitrogens with one attached hydrogen (secondary N) is 1. The maximum atomic E-state index is 13.5. The Morgan fingerprint density at radius 3 is 2.50 bits per heavy atom. The van der Waals surface area contributed by atoms with Crippen molar-refractivity contribution < 1.29 is 14.5 Å². The summed E-state index contributed by atoms with van der Waals surface area (Å²) in [6.07, 6.45) is 3.93. The number of quaternary nitrogens is 1. The van der Waals surface area contributed by atoms with E-state index in [1.165, 1.54) is 4.90 Å². The molecule has 2 aromatic carbocycles. The first kappa shape index (κ1) is 16.9. The quantitative estimate of drug-likeness (QED) is 0.780. The third kappa shape index (κ3) is 2.10. The van der Waals surface area contributed by atoms with Crippen molar-refractivity contribution in [3.63, 3.8) is 0 Å². The molecule has 3 heterocycles. The smallest absolute Gasteiger partial charge is 0.245 e. The third-order valence-corrected chi connectivity index (χ3v) is 6.51. The number of rotatable bonds is 1. The minimum absolute atomic E-state index is 0.191. The van der Waals surface area contributed by atoms with E-state index in [0.29, 0.717) is 5.69 Å². The molecule has 2 saturated heterocycles. The van der Waals surface area contributed by atoms with Gasteiger partial charge in [0.15, 0.2) is 6.04 Å². The van der Waals surface area contributed by atoms with Gasteiger partial charge in [-0.2, -0.15) is 5.26 Å². The maximum Gasteiger partial charge on any atom is 0.245 e. The Labute approximate surface area is 163 Å². The van der Waals surface area contributed by atoms with Crippen LogP contribution in [0.25, 0.3) is 6.08 Å². The number of carbonyl (C=O) groups is 2. The Morgan fingerprint density at radius 2 is 1.75 bits per heavy atom. The number of carbonyl (C=O) groups excluding carboxylic acids is 2. The zero-order valence-electron chi connectivity index (χ0n) is 15.7. The Morgan fingerprint density at radius 1 is 1.00 bits per heavy atom. The Balaban J connectivity index is 1.63. The zero-order chi connectivity index (χ0) is 19.6. The van der Waals surface area contributed by atoms with Gasteiger partial charge in [0.2, 0.25) is 11.8 Å². The monoisotopic (exact) mass is 370 g/mol. The van der Waals surface area contributed by atoms with Crippen LogP contribution in [0.1, 0.15) is 28.3 Å². The fourth-order valence-electron chi connectivity index (χ4n) is 5.01. The van der Waals surface area contributed by atoms with Crippen molar-refractivity contribution in [2.24, 2.45) is 11.8 Å². The van der Waals surface area contributed by atoms with Crippen molar-refractivity contribution >= 4 is 23.6 Å². The van der Waals surface area contributed by atoms with Gasteiger partial charge in [0.05, 0.1) is 11.9 Å².